The molecule has 0 aliphatic rings. The number of carbonyl (C=O) groups is 1. The lowest BCUT2D eigenvalue weighted by Crippen LogP contribution is -2.23. The van der Waals surface area contributed by atoms with Crippen molar-refractivity contribution in [2.24, 2.45) is 0 Å². The van der Waals surface area contributed by atoms with Crippen LogP contribution in [0.1, 0.15) is 40.2 Å². The van der Waals surface area contributed by atoms with Gasteiger partial charge in [-0.2, -0.15) is 11.8 Å². The Morgan fingerprint density at radius 3 is 2.72 bits per heavy atom. The summed E-state index contributed by atoms with van der Waals surface area (Å²) in [7, 11) is 0. The predicted octanol–water partition coefficient (Wildman–Crippen LogP) is 3.29. The molecule has 3 N–H and O–H groups in total. The smallest absolute Gasteiger partial charge is 0.261 e. The third kappa shape index (κ3) is 5.31. The molecule has 0 aromatic carbocycles. The minimum Gasteiger partial charge on any atom is -0.398 e. The standard InChI is InChI=1S/C13H22N2OS2/c1-10-11(14)9-12(18-10)13(16)15-7-5-3-4-6-8-17-2/h9H,3-8,14H2,1-2H3,(H,15,16). The van der Waals surface area contributed by atoms with E-state index < -0.39 is 0 Å². The van der Waals surface area contributed by atoms with Crippen LogP contribution in [0.15, 0.2) is 6.07 Å². The number of carbonyl (C=O) groups excluding carboxylic acids is 1. The molecule has 5 heteroatoms. The summed E-state index contributed by atoms with van der Waals surface area (Å²) in [6.45, 7) is 2.69. The fraction of sp³-hybridized carbons (Fsp3) is 0.615. The van der Waals surface area contributed by atoms with Gasteiger partial charge in [-0.05, 0) is 37.8 Å². The summed E-state index contributed by atoms with van der Waals surface area (Å²) in [6.07, 6.45) is 6.90. The van der Waals surface area contributed by atoms with Gasteiger partial charge in [-0.15, -0.1) is 11.3 Å². The van der Waals surface area contributed by atoms with Crippen molar-refractivity contribution in [2.75, 3.05) is 24.3 Å². The molecular weight excluding hydrogens is 264 g/mol. The van der Waals surface area contributed by atoms with Crippen molar-refractivity contribution in [3.05, 3.63) is 15.8 Å². The molecule has 0 spiro atoms. The monoisotopic (exact) mass is 286 g/mol. The van der Waals surface area contributed by atoms with Crippen LogP contribution in [-0.2, 0) is 0 Å². The molecule has 0 aliphatic heterocycles. The van der Waals surface area contributed by atoms with Gasteiger partial charge in [0.25, 0.3) is 5.91 Å². The first-order chi connectivity index (χ1) is 8.65. The van der Waals surface area contributed by atoms with Crippen molar-refractivity contribution >= 4 is 34.7 Å². The van der Waals surface area contributed by atoms with E-state index in [0.717, 1.165) is 17.8 Å². The van der Waals surface area contributed by atoms with E-state index in [1.165, 1.54) is 36.4 Å². The lowest BCUT2D eigenvalue weighted by Gasteiger charge is -2.03. The average Bonchev–Trinajstić information content (AvgIpc) is 2.68. The molecule has 0 atom stereocenters. The molecule has 0 unspecified atom stereocenters. The largest absolute Gasteiger partial charge is 0.398 e. The Morgan fingerprint density at radius 2 is 2.11 bits per heavy atom. The highest BCUT2D eigenvalue weighted by Crippen LogP contribution is 2.23. The number of unbranched alkanes of at least 4 members (excludes halogenated alkanes) is 3. The Bertz CT molecular complexity index is 358. The third-order valence-corrected chi connectivity index (χ3v) is 4.50. The van der Waals surface area contributed by atoms with E-state index in [4.69, 9.17) is 5.73 Å². The van der Waals surface area contributed by atoms with Crippen LogP contribution in [0.3, 0.4) is 0 Å². The zero-order valence-corrected chi connectivity index (χ0v) is 12.8. The molecule has 0 saturated heterocycles. The number of aryl methyl sites for hydroxylation is 1. The van der Waals surface area contributed by atoms with Crippen molar-refractivity contribution in [1.29, 1.82) is 0 Å². The fourth-order valence-electron chi connectivity index (χ4n) is 1.62. The van der Waals surface area contributed by atoms with Crippen LogP contribution < -0.4 is 11.1 Å². The number of rotatable bonds is 8. The highest BCUT2D eigenvalue weighted by Gasteiger charge is 2.09. The maximum atomic E-state index is 11.8. The molecule has 0 radical (unpaired) electrons. The zero-order chi connectivity index (χ0) is 13.4. The number of nitrogens with one attached hydrogen (secondary N) is 1. The quantitative estimate of drug-likeness (QED) is 0.721. The Labute approximate surface area is 118 Å². The van der Waals surface area contributed by atoms with E-state index in [-0.39, 0.29) is 5.91 Å². The van der Waals surface area contributed by atoms with Gasteiger partial charge in [-0.3, -0.25) is 4.79 Å². The van der Waals surface area contributed by atoms with E-state index in [1.54, 1.807) is 6.07 Å². The number of nitrogen functional groups attached to an aromatic ring is 1. The Balaban J connectivity index is 2.14. The summed E-state index contributed by atoms with van der Waals surface area (Å²) in [5.74, 6) is 1.24. The van der Waals surface area contributed by atoms with Gasteiger partial charge in [0.1, 0.15) is 0 Å². The highest BCUT2D eigenvalue weighted by atomic mass is 32.2. The number of hydrogen-bond acceptors (Lipinski definition) is 4. The molecule has 1 heterocycles. The summed E-state index contributed by atoms with van der Waals surface area (Å²) in [6, 6.07) is 1.76. The van der Waals surface area contributed by atoms with E-state index in [9.17, 15) is 4.79 Å². The Kier molecular flexibility index (Phi) is 7.20. The minimum absolute atomic E-state index is 0.00362. The first kappa shape index (κ1) is 15.4. The second kappa shape index (κ2) is 8.43. The summed E-state index contributed by atoms with van der Waals surface area (Å²) in [4.78, 5) is 13.5. The van der Waals surface area contributed by atoms with Crippen LogP contribution in [-0.4, -0.2) is 24.5 Å². The normalized spacial score (nSPS) is 10.6. The lowest BCUT2D eigenvalue weighted by atomic mass is 10.2. The number of thiophene rings is 1. The van der Waals surface area contributed by atoms with Crippen LogP contribution in [0.4, 0.5) is 5.69 Å². The van der Waals surface area contributed by atoms with E-state index in [0.29, 0.717) is 10.6 Å². The number of hydrogen-bond donors (Lipinski definition) is 2. The third-order valence-electron chi connectivity index (χ3n) is 2.74. The summed E-state index contributed by atoms with van der Waals surface area (Å²) < 4.78 is 0. The van der Waals surface area contributed by atoms with Crippen LogP contribution in [0.2, 0.25) is 0 Å². The molecule has 1 aromatic heterocycles. The topological polar surface area (TPSA) is 55.1 Å². The molecule has 1 rings (SSSR count). The van der Waals surface area contributed by atoms with Gasteiger partial charge in [-0.1, -0.05) is 12.8 Å². The van der Waals surface area contributed by atoms with Gasteiger partial charge in [0, 0.05) is 17.1 Å². The molecule has 0 saturated carbocycles. The SMILES string of the molecule is CSCCCCCCNC(=O)c1cc(N)c(C)s1. The number of anilines is 1. The van der Waals surface area contributed by atoms with Crippen molar-refractivity contribution in [3.8, 4) is 0 Å². The van der Waals surface area contributed by atoms with Crippen LogP contribution in [0.25, 0.3) is 0 Å². The second-order valence-electron chi connectivity index (χ2n) is 4.29. The van der Waals surface area contributed by atoms with Crippen LogP contribution in [0, 0.1) is 6.92 Å². The Hall–Kier alpha value is -0.680. The number of thioether (sulfide) groups is 1. The lowest BCUT2D eigenvalue weighted by molar-refractivity contribution is 0.0957. The van der Waals surface area contributed by atoms with Crippen molar-refractivity contribution in [3.63, 3.8) is 0 Å². The Morgan fingerprint density at radius 1 is 1.39 bits per heavy atom. The second-order valence-corrected chi connectivity index (χ2v) is 6.53. The minimum atomic E-state index is 0.00362. The number of nitrogens with two attached hydrogens (primary N) is 1. The molecule has 1 amide bonds. The van der Waals surface area contributed by atoms with Gasteiger partial charge in [0.15, 0.2) is 0 Å². The van der Waals surface area contributed by atoms with Crippen molar-refractivity contribution in [1.82, 2.24) is 5.32 Å². The van der Waals surface area contributed by atoms with Crippen molar-refractivity contribution in [2.45, 2.75) is 32.6 Å². The molecule has 1 aromatic rings. The van der Waals surface area contributed by atoms with Gasteiger partial charge in [0.05, 0.1) is 4.88 Å². The first-order valence-corrected chi connectivity index (χ1v) is 8.49. The van der Waals surface area contributed by atoms with E-state index in [2.05, 4.69) is 11.6 Å². The van der Waals surface area contributed by atoms with Crippen LogP contribution >= 0.6 is 23.1 Å². The average molecular weight is 286 g/mol. The molecule has 0 fully saturated rings. The molecule has 3 nitrogen and oxygen atoms in total. The van der Waals surface area contributed by atoms with Gasteiger partial charge >= 0.3 is 0 Å². The highest BCUT2D eigenvalue weighted by molar-refractivity contribution is 7.98. The van der Waals surface area contributed by atoms with Gasteiger partial charge in [0.2, 0.25) is 0 Å². The fourth-order valence-corrected chi connectivity index (χ4v) is 2.97. The molecule has 102 valence electrons. The molecule has 0 bridgehead atoms. The van der Waals surface area contributed by atoms with Crippen LogP contribution in [0.5, 0.6) is 0 Å². The summed E-state index contributed by atoms with van der Waals surface area (Å²) >= 11 is 3.35. The summed E-state index contributed by atoms with van der Waals surface area (Å²) in [5, 5.41) is 2.94. The van der Waals surface area contributed by atoms with E-state index in [1.807, 2.05) is 18.7 Å². The molecule has 0 aliphatic carbocycles. The summed E-state index contributed by atoms with van der Waals surface area (Å²) in [5.41, 5.74) is 6.44. The number of amides is 1. The zero-order valence-electron chi connectivity index (χ0n) is 11.1. The molecule has 18 heavy (non-hydrogen) atoms. The van der Waals surface area contributed by atoms with Crippen molar-refractivity contribution < 1.29 is 4.79 Å². The predicted molar refractivity (Wildman–Crippen MR) is 82.7 cm³/mol. The van der Waals surface area contributed by atoms with Gasteiger partial charge in [-0.25, -0.2) is 0 Å². The van der Waals surface area contributed by atoms with Gasteiger partial charge < -0.3 is 11.1 Å². The molecular formula is C13H22N2OS2. The maximum Gasteiger partial charge on any atom is 0.261 e. The maximum absolute atomic E-state index is 11.8. The first-order valence-electron chi connectivity index (χ1n) is 6.28. The van der Waals surface area contributed by atoms with E-state index >= 15 is 0 Å².